The zero-order chi connectivity index (χ0) is 18.8. The number of hydrogen-bond acceptors (Lipinski definition) is 4. The van der Waals surface area contributed by atoms with Crippen molar-refractivity contribution in [3.8, 4) is 17.2 Å². The van der Waals surface area contributed by atoms with E-state index in [1.54, 1.807) is 14.2 Å². The molecule has 1 N–H and O–H groups in total. The van der Waals surface area contributed by atoms with Crippen LogP contribution < -0.4 is 19.5 Å². The first-order valence-electron chi connectivity index (χ1n) is 10.0. The molecule has 0 saturated heterocycles. The minimum absolute atomic E-state index is 0.143. The molecule has 146 valence electrons. The predicted octanol–water partition coefficient (Wildman–Crippen LogP) is 3.72. The number of para-hydroxylation sites is 1. The van der Waals surface area contributed by atoms with E-state index < -0.39 is 0 Å². The minimum Gasteiger partial charge on any atom is -0.493 e. The Kier molecular flexibility index (Phi) is 5.28. The van der Waals surface area contributed by atoms with Crippen molar-refractivity contribution in [2.24, 2.45) is 17.8 Å². The molecule has 5 nitrogen and oxygen atoms in total. The first kappa shape index (κ1) is 18.2. The van der Waals surface area contributed by atoms with Crippen LogP contribution in [0.1, 0.15) is 38.5 Å². The number of fused-ring (bicyclic) bond motifs is 2. The fourth-order valence-corrected chi connectivity index (χ4v) is 4.85. The molecule has 27 heavy (non-hydrogen) atoms. The zero-order valence-electron chi connectivity index (χ0n) is 16.1. The second-order valence-corrected chi connectivity index (χ2v) is 7.98. The zero-order valence-corrected chi connectivity index (χ0v) is 16.1. The predicted molar refractivity (Wildman–Crippen MR) is 103 cm³/mol. The van der Waals surface area contributed by atoms with E-state index in [-0.39, 0.29) is 24.0 Å². The van der Waals surface area contributed by atoms with Gasteiger partial charge in [0.15, 0.2) is 11.5 Å². The number of carbonyl (C=O) groups is 1. The number of benzene rings is 1. The van der Waals surface area contributed by atoms with E-state index in [4.69, 9.17) is 14.2 Å². The third kappa shape index (κ3) is 3.78. The topological polar surface area (TPSA) is 56.8 Å². The molecule has 1 aromatic rings. The van der Waals surface area contributed by atoms with E-state index in [2.05, 4.69) is 17.5 Å². The van der Waals surface area contributed by atoms with Gasteiger partial charge in [-0.3, -0.25) is 4.79 Å². The summed E-state index contributed by atoms with van der Waals surface area (Å²) in [5, 5.41) is 3.30. The molecule has 1 amide bonds. The highest BCUT2D eigenvalue weighted by Crippen LogP contribution is 2.43. The summed E-state index contributed by atoms with van der Waals surface area (Å²) in [5.41, 5.74) is 0. The lowest BCUT2D eigenvalue weighted by molar-refractivity contribution is -0.126. The van der Waals surface area contributed by atoms with Gasteiger partial charge < -0.3 is 19.5 Å². The quantitative estimate of drug-likeness (QED) is 0.775. The second-order valence-electron chi connectivity index (χ2n) is 7.98. The Morgan fingerprint density at radius 3 is 2.41 bits per heavy atom. The van der Waals surface area contributed by atoms with E-state index in [0.717, 1.165) is 37.9 Å². The molecule has 3 aliphatic rings. The number of amides is 1. The second kappa shape index (κ2) is 7.83. The van der Waals surface area contributed by atoms with Crippen LogP contribution in [0.5, 0.6) is 17.2 Å². The van der Waals surface area contributed by atoms with E-state index in [9.17, 15) is 4.79 Å². The van der Waals surface area contributed by atoms with E-state index in [0.29, 0.717) is 23.3 Å². The Balaban J connectivity index is 1.28. The van der Waals surface area contributed by atoms with Crippen molar-refractivity contribution in [1.29, 1.82) is 0 Å². The monoisotopic (exact) mass is 371 g/mol. The van der Waals surface area contributed by atoms with Crippen LogP contribution in [0.25, 0.3) is 0 Å². The van der Waals surface area contributed by atoms with Crippen molar-refractivity contribution in [2.75, 3.05) is 14.2 Å². The Bertz CT molecular complexity index is 708. The van der Waals surface area contributed by atoms with Crippen LogP contribution in [0.15, 0.2) is 30.4 Å². The normalized spacial score (nSPS) is 31.6. The summed E-state index contributed by atoms with van der Waals surface area (Å²) in [6.45, 7) is 0. The third-order valence-electron chi connectivity index (χ3n) is 6.30. The maximum Gasteiger partial charge on any atom is 0.223 e. The number of ether oxygens (including phenoxy) is 3. The Morgan fingerprint density at radius 1 is 1.00 bits per heavy atom. The first-order chi connectivity index (χ1) is 13.2. The summed E-state index contributed by atoms with van der Waals surface area (Å²) in [6, 6.07) is 5.96. The molecule has 3 aliphatic carbocycles. The van der Waals surface area contributed by atoms with Gasteiger partial charge in [0.2, 0.25) is 11.7 Å². The highest BCUT2D eigenvalue weighted by molar-refractivity contribution is 5.80. The van der Waals surface area contributed by atoms with Crippen LogP contribution in [-0.4, -0.2) is 32.3 Å². The van der Waals surface area contributed by atoms with Gasteiger partial charge in [-0.25, -0.2) is 0 Å². The number of rotatable bonds is 6. The lowest BCUT2D eigenvalue weighted by atomic mass is 9.89. The smallest absolute Gasteiger partial charge is 0.223 e. The molecule has 5 heteroatoms. The van der Waals surface area contributed by atoms with Crippen LogP contribution in [-0.2, 0) is 4.79 Å². The molecular formula is C22H29NO4. The van der Waals surface area contributed by atoms with Crippen molar-refractivity contribution in [1.82, 2.24) is 5.32 Å². The molecule has 2 fully saturated rings. The van der Waals surface area contributed by atoms with Gasteiger partial charge in [-0.05, 0) is 62.5 Å². The van der Waals surface area contributed by atoms with Crippen LogP contribution >= 0.6 is 0 Å². The fourth-order valence-electron chi connectivity index (χ4n) is 4.85. The van der Waals surface area contributed by atoms with Gasteiger partial charge in [0.25, 0.3) is 0 Å². The summed E-state index contributed by atoms with van der Waals surface area (Å²) >= 11 is 0. The van der Waals surface area contributed by atoms with Gasteiger partial charge in [-0.1, -0.05) is 18.2 Å². The average Bonchev–Trinajstić information content (AvgIpc) is 3.33. The molecule has 0 unspecified atom stereocenters. The summed E-state index contributed by atoms with van der Waals surface area (Å²) in [6.07, 6.45) is 10.6. The van der Waals surface area contributed by atoms with Gasteiger partial charge >= 0.3 is 0 Å². The molecule has 0 aliphatic heterocycles. The third-order valence-corrected chi connectivity index (χ3v) is 6.30. The van der Waals surface area contributed by atoms with E-state index in [1.165, 1.54) is 6.42 Å². The average molecular weight is 371 g/mol. The molecule has 2 saturated carbocycles. The highest BCUT2D eigenvalue weighted by atomic mass is 16.5. The molecule has 2 bridgehead atoms. The summed E-state index contributed by atoms with van der Waals surface area (Å²) in [4.78, 5) is 12.6. The summed E-state index contributed by atoms with van der Waals surface area (Å²) in [7, 11) is 3.25. The number of allylic oxidation sites excluding steroid dienone is 2. The number of methoxy groups -OCH3 is 2. The van der Waals surface area contributed by atoms with Gasteiger partial charge in [0.05, 0.1) is 20.3 Å². The molecule has 0 spiro atoms. The largest absolute Gasteiger partial charge is 0.493 e. The molecule has 0 heterocycles. The highest BCUT2D eigenvalue weighted by Gasteiger charge is 2.40. The van der Waals surface area contributed by atoms with Crippen LogP contribution in [0.2, 0.25) is 0 Å². The minimum atomic E-state index is 0.143. The van der Waals surface area contributed by atoms with Crippen molar-refractivity contribution in [3.05, 3.63) is 30.4 Å². The lowest BCUT2D eigenvalue weighted by Gasteiger charge is -2.31. The Hall–Kier alpha value is -2.17. The summed E-state index contributed by atoms with van der Waals surface area (Å²) < 4.78 is 17.0. The maximum absolute atomic E-state index is 12.6. The number of nitrogens with one attached hydrogen (secondary N) is 1. The number of hydrogen-bond donors (Lipinski definition) is 1. The summed E-state index contributed by atoms with van der Waals surface area (Å²) in [5.74, 6) is 3.58. The number of carbonyl (C=O) groups excluding carboxylic acids is 1. The van der Waals surface area contributed by atoms with E-state index >= 15 is 0 Å². The van der Waals surface area contributed by atoms with Crippen LogP contribution in [0, 0.1) is 17.8 Å². The standard InChI is InChI=1S/C22H29NO4/c1-25-19-4-3-5-20(21(19)26-2)27-17-10-8-16(9-11-17)23-22(24)18-13-14-6-7-15(18)12-14/h3-7,14-18H,8-13H2,1-2H3,(H,23,24)/t14-,15+,16?,17?,18-/m1/s1. The molecule has 4 rings (SSSR count). The molecular weight excluding hydrogens is 342 g/mol. The maximum atomic E-state index is 12.6. The molecule has 1 aromatic carbocycles. The molecule has 0 aromatic heterocycles. The van der Waals surface area contributed by atoms with Crippen molar-refractivity contribution in [3.63, 3.8) is 0 Å². The Morgan fingerprint density at radius 2 is 1.78 bits per heavy atom. The van der Waals surface area contributed by atoms with E-state index in [1.807, 2.05) is 18.2 Å². The van der Waals surface area contributed by atoms with Crippen LogP contribution in [0.3, 0.4) is 0 Å². The van der Waals surface area contributed by atoms with Crippen molar-refractivity contribution in [2.45, 2.75) is 50.7 Å². The van der Waals surface area contributed by atoms with Gasteiger partial charge in [0.1, 0.15) is 0 Å². The van der Waals surface area contributed by atoms with Crippen molar-refractivity contribution >= 4 is 5.91 Å². The van der Waals surface area contributed by atoms with Gasteiger partial charge in [0, 0.05) is 12.0 Å². The van der Waals surface area contributed by atoms with Gasteiger partial charge in [-0.15, -0.1) is 0 Å². The first-order valence-corrected chi connectivity index (χ1v) is 10.0. The van der Waals surface area contributed by atoms with Crippen LogP contribution in [0.4, 0.5) is 0 Å². The van der Waals surface area contributed by atoms with Crippen molar-refractivity contribution < 1.29 is 19.0 Å². The fraction of sp³-hybridized carbons (Fsp3) is 0.591. The Labute approximate surface area is 161 Å². The molecule has 0 radical (unpaired) electrons. The van der Waals surface area contributed by atoms with Gasteiger partial charge in [-0.2, -0.15) is 0 Å². The lowest BCUT2D eigenvalue weighted by Crippen LogP contribution is -2.43. The SMILES string of the molecule is COc1cccc(OC2CCC(NC(=O)[C@@H]3C[C@@H]4C=C[C@H]3C4)CC2)c1OC. The molecule has 3 atom stereocenters.